The fraction of sp³-hybridized carbons (Fsp3) is 0.143. The Balaban J connectivity index is 2.06. The Morgan fingerprint density at radius 1 is 0.960 bits per heavy atom. The van der Waals surface area contributed by atoms with Crippen LogP contribution in [0.3, 0.4) is 0 Å². The maximum absolute atomic E-state index is 12.9. The topological polar surface area (TPSA) is 72.2 Å². The molecule has 25 heavy (non-hydrogen) atoms. The number of rotatable bonds is 5. The largest absolute Gasteiger partial charge is 0.322 e. The molecule has 0 heterocycles. The van der Waals surface area contributed by atoms with Crippen LogP contribution in [0.5, 0.6) is 0 Å². The Hall–Kier alpha value is -2.98. The number of anilines is 1. The maximum atomic E-state index is 12.9. The number of fused-ring (bicyclic) bond motifs is 1. The molecule has 3 aromatic carbocycles. The molecule has 0 spiro atoms. The van der Waals surface area contributed by atoms with Crippen LogP contribution in [0.15, 0.2) is 66.7 Å². The fourth-order valence-corrected chi connectivity index (χ4v) is 2.80. The van der Waals surface area contributed by atoms with Crippen molar-refractivity contribution in [1.82, 2.24) is 0 Å². The number of Topliss-reactive ketones (excluding diaryl/α,β-unsaturated/α-hetero) is 1. The molecule has 1 amide bonds. The van der Waals surface area contributed by atoms with Crippen molar-refractivity contribution in [2.24, 2.45) is 5.73 Å². The number of hydrogen-bond acceptors (Lipinski definition) is 3. The van der Waals surface area contributed by atoms with Gasteiger partial charge in [-0.25, -0.2) is 0 Å². The minimum Gasteiger partial charge on any atom is -0.322 e. The Kier molecular flexibility index (Phi) is 4.91. The minimum absolute atomic E-state index is 0.0935. The van der Waals surface area contributed by atoms with Crippen LogP contribution in [0.1, 0.15) is 22.8 Å². The molecule has 3 rings (SSSR count). The van der Waals surface area contributed by atoms with Gasteiger partial charge in [0.15, 0.2) is 5.78 Å². The monoisotopic (exact) mass is 332 g/mol. The van der Waals surface area contributed by atoms with Crippen LogP contribution >= 0.6 is 0 Å². The minimum atomic E-state index is -0.559. The molecule has 0 bridgehead atoms. The lowest BCUT2D eigenvalue weighted by Crippen LogP contribution is -2.29. The van der Waals surface area contributed by atoms with E-state index in [1.807, 2.05) is 66.7 Å². The third-order valence-corrected chi connectivity index (χ3v) is 4.15. The zero-order chi connectivity index (χ0) is 17.8. The maximum Gasteiger partial charge on any atom is 0.256 e. The SMILES string of the molecule is C[C@H](N)C(=O)Cc1ccc2ccccc2c1C(=O)Nc1ccccc1. The normalized spacial score (nSPS) is 11.9. The molecular formula is C21H20N2O2. The molecule has 0 radical (unpaired) electrons. The highest BCUT2D eigenvalue weighted by atomic mass is 16.1. The highest BCUT2D eigenvalue weighted by Crippen LogP contribution is 2.24. The van der Waals surface area contributed by atoms with Crippen LogP contribution in [0.25, 0.3) is 10.8 Å². The molecule has 0 aliphatic rings. The Labute approximate surface area is 146 Å². The van der Waals surface area contributed by atoms with Gasteiger partial charge < -0.3 is 11.1 Å². The summed E-state index contributed by atoms with van der Waals surface area (Å²) in [5, 5.41) is 4.69. The number of para-hydroxylation sites is 1. The predicted octanol–water partition coefficient (Wildman–Crippen LogP) is 3.55. The molecular weight excluding hydrogens is 312 g/mol. The molecule has 0 unspecified atom stereocenters. The Morgan fingerprint density at radius 2 is 1.64 bits per heavy atom. The standard InChI is InChI=1S/C21H20N2O2/c1-14(22)19(24)13-16-12-11-15-7-5-6-10-18(15)20(16)21(25)23-17-8-3-2-4-9-17/h2-12,14H,13,22H2,1H3,(H,23,25)/t14-/m0/s1. The molecule has 3 N–H and O–H groups in total. The highest BCUT2D eigenvalue weighted by molar-refractivity contribution is 6.14. The first-order valence-corrected chi connectivity index (χ1v) is 8.21. The second-order valence-corrected chi connectivity index (χ2v) is 6.07. The van der Waals surface area contributed by atoms with Crippen molar-refractivity contribution in [2.45, 2.75) is 19.4 Å². The summed E-state index contributed by atoms with van der Waals surface area (Å²) in [4.78, 5) is 25.1. The van der Waals surface area contributed by atoms with Gasteiger partial charge in [-0.3, -0.25) is 9.59 Å². The van der Waals surface area contributed by atoms with E-state index in [9.17, 15) is 9.59 Å². The molecule has 0 aliphatic carbocycles. The number of nitrogens with two attached hydrogens (primary N) is 1. The van der Waals surface area contributed by atoms with E-state index in [-0.39, 0.29) is 18.1 Å². The van der Waals surface area contributed by atoms with Gasteiger partial charge in [0.05, 0.1) is 11.6 Å². The highest BCUT2D eigenvalue weighted by Gasteiger charge is 2.19. The summed E-state index contributed by atoms with van der Waals surface area (Å²) in [7, 11) is 0. The van der Waals surface area contributed by atoms with Gasteiger partial charge in [0.25, 0.3) is 5.91 Å². The summed E-state index contributed by atoms with van der Waals surface area (Å²) < 4.78 is 0. The van der Waals surface area contributed by atoms with Crippen molar-refractivity contribution in [2.75, 3.05) is 5.32 Å². The molecule has 0 fully saturated rings. The van der Waals surface area contributed by atoms with Gasteiger partial charge in [-0.1, -0.05) is 54.6 Å². The zero-order valence-corrected chi connectivity index (χ0v) is 14.0. The van der Waals surface area contributed by atoms with Crippen molar-refractivity contribution >= 4 is 28.2 Å². The lowest BCUT2D eigenvalue weighted by molar-refractivity contribution is -0.119. The van der Waals surface area contributed by atoms with Gasteiger partial charge in [0.1, 0.15) is 0 Å². The van der Waals surface area contributed by atoms with E-state index in [4.69, 9.17) is 5.73 Å². The van der Waals surface area contributed by atoms with E-state index in [1.165, 1.54) is 0 Å². The van der Waals surface area contributed by atoms with E-state index in [0.29, 0.717) is 16.8 Å². The first-order valence-electron chi connectivity index (χ1n) is 8.21. The quantitative estimate of drug-likeness (QED) is 0.750. The van der Waals surface area contributed by atoms with Crippen molar-refractivity contribution in [3.63, 3.8) is 0 Å². The van der Waals surface area contributed by atoms with Crippen LogP contribution in [-0.4, -0.2) is 17.7 Å². The van der Waals surface area contributed by atoms with Crippen LogP contribution in [0.4, 0.5) is 5.69 Å². The van der Waals surface area contributed by atoms with Gasteiger partial charge in [0.2, 0.25) is 0 Å². The van der Waals surface area contributed by atoms with E-state index >= 15 is 0 Å². The molecule has 1 atom stereocenters. The summed E-state index contributed by atoms with van der Waals surface area (Å²) >= 11 is 0. The third kappa shape index (κ3) is 3.75. The van der Waals surface area contributed by atoms with Gasteiger partial charge in [-0.05, 0) is 35.4 Å². The van der Waals surface area contributed by atoms with Gasteiger partial charge in [-0.15, -0.1) is 0 Å². The van der Waals surface area contributed by atoms with Crippen LogP contribution in [0, 0.1) is 0 Å². The summed E-state index contributed by atoms with van der Waals surface area (Å²) in [5.41, 5.74) is 7.62. The lowest BCUT2D eigenvalue weighted by atomic mass is 9.94. The van der Waals surface area contributed by atoms with Crippen LogP contribution in [0.2, 0.25) is 0 Å². The molecule has 126 valence electrons. The number of carbonyl (C=O) groups excluding carboxylic acids is 2. The predicted molar refractivity (Wildman–Crippen MR) is 101 cm³/mol. The van der Waals surface area contributed by atoms with Crippen molar-refractivity contribution in [3.8, 4) is 0 Å². The van der Waals surface area contributed by atoms with Crippen molar-refractivity contribution < 1.29 is 9.59 Å². The Morgan fingerprint density at radius 3 is 2.36 bits per heavy atom. The van der Waals surface area contributed by atoms with Gasteiger partial charge in [0, 0.05) is 12.1 Å². The first-order chi connectivity index (χ1) is 12.1. The molecule has 3 aromatic rings. The second kappa shape index (κ2) is 7.28. The number of hydrogen-bond donors (Lipinski definition) is 2. The van der Waals surface area contributed by atoms with Crippen LogP contribution < -0.4 is 11.1 Å². The molecule has 0 aromatic heterocycles. The van der Waals surface area contributed by atoms with E-state index in [0.717, 1.165) is 10.8 Å². The van der Waals surface area contributed by atoms with Crippen LogP contribution in [-0.2, 0) is 11.2 Å². The number of amides is 1. The van der Waals surface area contributed by atoms with E-state index in [1.54, 1.807) is 6.92 Å². The van der Waals surface area contributed by atoms with Crippen molar-refractivity contribution in [3.05, 3.63) is 77.9 Å². The van der Waals surface area contributed by atoms with E-state index < -0.39 is 6.04 Å². The lowest BCUT2D eigenvalue weighted by Gasteiger charge is -2.14. The number of carbonyl (C=O) groups is 2. The molecule has 0 saturated heterocycles. The number of benzene rings is 3. The first kappa shape index (κ1) is 16.9. The average Bonchev–Trinajstić information content (AvgIpc) is 2.62. The average molecular weight is 332 g/mol. The smallest absolute Gasteiger partial charge is 0.256 e. The number of ketones is 1. The summed E-state index contributed by atoms with van der Waals surface area (Å²) in [6.45, 7) is 1.66. The van der Waals surface area contributed by atoms with Gasteiger partial charge in [-0.2, -0.15) is 0 Å². The summed E-state index contributed by atoms with van der Waals surface area (Å²) in [5.74, 6) is -0.320. The number of nitrogens with one attached hydrogen (secondary N) is 1. The molecule has 0 aliphatic heterocycles. The second-order valence-electron chi connectivity index (χ2n) is 6.07. The van der Waals surface area contributed by atoms with Crippen molar-refractivity contribution in [1.29, 1.82) is 0 Å². The van der Waals surface area contributed by atoms with Gasteiger partial charge >= 0.3 is 0 Å². The zero-order valence-electron chi connectivity index (χ0n) is 14.0. The van der Waals surface area contributed by atoms with E-state index in [2.05, 4.69) is 5.32 Å². The summed E-state index contributed by atoms with van der Waals surface area (Å²) in [6.07, 6.45) is 0.139. The fourth-order valence-electron chi connectivity index (χ4n) is 2.80. The summed E-state index contributed by atoms with van der Waals surface area (Å²) in [6, 6.07) is 20.1. The molecule has 4 nitrogen and oxygen atoms in total. The molecule has 0 saturated carbocycles. The third-order valence-electron chi connectivity index (χ3n) is 4.15. The molecule has 4 heteroatoms. The Bertz CT molecular complexity index is 918.